The lowest BCUT2D eigenvalue weighted by molar-refractivity contribution is -0.115. The maximum atomic E-state index is 11.6. The highest BCUT2D eigenvalue weighted by molar-refractivity contribution is 6.47. The van der Waals surface area contributed by atoms with Crippen LogP contribution in [0.15, 0.2) is 22.9 Å². The van der Waals surface area contributed by atoms with Gasteiger partial charge in [-0.2, -0.15) is 0 Å². The van der Waals surface area contributed by atoms with Crippen molar-refractivity contribution >= 4 is 46.4 Å². The first-order valence-electron chi connectivity index (χ1n) is 4.64. The minimum Gasteiger partial charge on any atom is -0.366 e. The van der Waals surface area contributed by atoms with Gasteiger partial charge in [-0.15, -0.1) is 23.2 Å². The van der Waals surface area contributed by atoms with Crippen LogP contribution in [0, 0.1) is 0 Å². The zero-order valence-corrected chi connectivity index (χ0v) is 10.6. The second-order valence-electron chi connectivity index (χ2n) is 3.12. The fourth-order valence-electron chi connectivity index (χ4n) is 1.33. The van der Waals surface area contributed by atoms with Crippen LogP contribution in [0.5, 0.6) is 0 Å². The number of allylic oxidation sites excluding steroid dienone is 3. The Labute approximate surface area is 109 Å². The highest BCUT2D eigenvalue weighted by atomic mass is 35.5. The van der Waals surface area contributed by atoms with Gasteiger partial charge in [-0.3, -0.25) is 9.59 Å². The molecule has 16 heavy (non-hydrogen) atoms. The number of carbonyl (C=O) groups is 2. The van der Waals surface area contributed by atoms with E-state index >= 15 is 0 Å². The fraction of sp³-hybridized carbons (Fsp3) is 0.400. The van der Waals surface area contributed by atoms with Crippen molar-refractivity contribution in [3.05, 3.63) is 22.9 Å². The van der Waals surface area contributed by atoms with Crippen LogP contribution in [-0.2, 0) is 9.59 Å². The normalized spacial score (nSPS) is 15.9. The molecular weight excluding hydrogens is 272 g/mol. The summed E-state index contributed by atoms with van der Waals surface area (Å²) in [5.41, 5.74) is 0.302. The van der Waals surface area contributed by atoms with E-state index in [0.717, 1.165) is 6.08 Å². The maximum Gasteiger partial charge on any atom is 0.203 e. The Hall–Kier alpha value is -0.510. The quantitative estimate of drug-likeness (QED) is 0.571. The molecule has 1 rings (SSSR count). The monoisotopic (exact) mass is 281 g/mol. The molecule has 0 spiro atoms. The SMILES string of the molecule is O=C1C=C(N(CCCl)CCCl)C(=O)C=C1Cl. The zero-order valence-electron chi connectivity index (χ0n) is 8.38. The van der Waals surface area contributed by atoms with Crippen LogP contribution in [0.25, 0.3) is 0 Å². The van der Waals surface area contributed by atoms with Gasteiger partial charge in [-0.25, -0.2) is 0 Å². The van der Waals surface area contributed by atoms with Gasteiger partial charge in [0.05, 0.1) is 10.7 Å². The van der Waals surface area contributed by atoms with Gasteiger partial charge in [-0.05, 0) is 0 Å². The molecule has 0 heterocycles. The summed E-state index contributed by atoms with van der Waals surface area (Å²) < 4.78 is 0. The molecule has 1 aliphatic carbocycles. The van der Waals surface area contributed by atoms with Crippen LogP contribution >= 0.6 is 34.8 Å². The van der Waals surface area contributed by atoms with Gasteiger partial charge >= 0.3 is 0 Å². The number of rotatable bonds is 5. The van der Waals surface area contributed by atoms with Crippen molar-refractivity contribution in [3.8, 4) is 0 Å². The summed E-state index contributed by atoms with van der Waals surface area (Å²) >= 11 is 16.8. The summed E-state index contributed by atoms with van der Waals surface area (Å²) in [5.74, 6) is 0.0468. The lowest BCUT2D eigenvalue weighted by Crippen LogP contribution is -2.32. The molecule has 3 nitrogen and oxygen atoms in total. The molecule has 0 aromatic carbocycles. The molecular formula is C10H10Cl3NO2. The zero-order chi connectivity index (χ0) is 12.1. The lowest BCUT2D eigenvalue weighted by atomic mass is 10.1. The molecule has 0 aromatic heterocycles. The van der Waals surface area contributed by atoms with Crippen LogP contribution < -0.4 is 0 Å². The summed E-state index contributed by atoms with van der Waals surface area (Å²) in [6.07, 6.45) is 2.35. The predicted octanol–water partition coefficient (Wildman–Crippen LogP) is 1.92. The molecule has 6 heteroatoms. The summed E-state index contributed by atoms with van der Waals surface area (Å²) in [5, 5.41) is -0.0644. The first kappa shape index (κ1) is 13.6. The number of alkyl halides is 2. The number of hydrogen-bond acceptors (Lipinski definition) is 3. The summed E-state index contributed by atoms with van der Waals surface area (Å²) in [7, 11) is 0. The third kappa shape index (κ3) is 3.24. The number of hydrogen-bond donors (Lipinski definition) is 0. The van der Waals surface area contributed by atoms with E-state index in [-0.39, 0.29) is 16.6 Å². The maximum absolute atomic E-state index is 11.6. The number of carbonyl (C=O) groups excluding carboxylic acids is 2. The molecule has 0 saturated heterocycles. The highest BCUT2D eigenvalue weighted by Crippen LogP contribution is 2.18. The van der Waals surface area contributed by atoms with Gasteiger partial charge in [0.1, 0.15) is 0 Å². The van der Waals surface area contributed by atoms with Crippen molar-refractivity contribution in [2.75, 3.05) is 24.8 Å². The second kappa shape index (κ2) is 6.28. The van der Waals surface area contributed by atoms with Crippen molar-refractivity contribution < 1.29 is 9.59 Å². The Morgan fingerprint density at radius 2 is 1.56 bits per heavy atom. The molecule has 88 valence electrons. The molecule has 0 N–H and O–H groups in total. The van der Waals surface area contributed by atoms with E-state index in [9.17, 15) is 9.59 Å². The van der Waals surface area contributed by atoms with Crippen molar-refractivity contribution in [2.24, 2.45) is 0 Å². The molecule has 0 bridgehead atoms. The van der Waals surface area contributed by atoms with Crippen LogP contribution in [0.1, 0.15) is 0 Å². The second-order valence-corrected chi connectivity index (χ2v) is 4.28. The van der Waals surface area contributed by atoms with Gasteiger partial charge in [-0.1, -0.05) is 11.6 Å². The lowest BCUT2D eigenvalue weighted by Gasteiger charge is -2.25. The standard InChI is InChI=1S/C10H10Cl3NO2/c11-1-3-14(4-2-12)8-6-9(15)7(13)5-10(8)16/h5-6H,1-4H2. The average Bonchev–Trinajstić information content (AvgIpc) is 2.23. The number of halogens is 3. The Morgan fingerprint density at radius 1 is 1.00 bits per heavy atom. The molecule has 0 saturated carbocycles. The first-order valence-corrected chi connectivity index (χ1v) is 6.09. The van der Waals surface area contributed by atoms with Crippen molar-refractivity contribution in [3.63, 3.8) is 0 Å². The Bertz CT molecular complexity index is 357. The van der Waals surface area contributed by atoms with E-state index in [1.807, 2.05) is 0 Å². The molecule has 0 amide bonds. The van der Waals surface area contributed by atoms with E-state index in [0.29, 0.717) is 30.5 Å². The van der Waals surface area contributed by atoms with E-state index in [1.54, 1.807) is 4.90 Å². The van der Waals surface area contributed by atoms with Crippen LogP contribution in [0.3, 0.4) is 0 Å². The average molecular weight is 283 g/mol. The minimum atomic E-state index is -0.370. The topological polar surface area (TPSA) is 37.4 Å². The van der Waals surface area contributed by atoms with Crippen molar-refractivity contribution in [1.82, 2.24) is 4.90 Å². The summed E-state index contributed by atoms with van der Waals surface area (Å²) in [6, 6.07) is 0. The molecule has 0 aliphatic heterocycles. The Morgan fingerprint density at radius 3 is 2.06 bits per heavy atom. The number of ketones is 2. The minimum absolute atomic E-state index is 0.0644. The van der Waals surface area contributed by atoms with Gasteiger partial charge in [0.25, 0.3) is 0 Å². The molecule has 0 radical (unpaired) electrons. The Balaban J connectivity index is 2.89. The highest BCUT2D eigenvalue weighted by Gasteiger charge is 2.22. The molecule has 0 atom stereocenters. The van der Waals surface area contributed by atoms with Crippen molar-refractivity contribution in [2.45, 2.75) is 0 Å². The summed E-state index contributed by atoms with van der Waals surface area (Å²) in [4.78, 5) is 24.7. The molecule has 0 fully saturated rings. The third-order valence-electron chi connectivity index (χ3n) is 2.06. The van der Waals surface area contributed by atoms with Gasteiger partial charge in [0.15, 0.2) is 5.78 Å². The van der Waals surface area contributed by atoms with Gasteiger partial charge in [0.2, 0.25) is 5.78 Å². The van der Waals surface area contributed by atoms with E-state index < -0.39 is 0 Å². The number of nitrogens with zero attached hydrogens (tertiary/aromatic N) is 1. The smallest absolute Gasteiger partial charge is 0.203 e. The third-order valence-corrected chi connectivity index (χ3v) is 2.70. The van der Waals surface area contributed by atoms with Crippen LogP contribution in [0.2, 0.25) is 0 Å². The van der Waals surface area contributed by atoms with Gasteiger partial charge < -0.3 is 4.90 Å². The Kier molecular flexibility index (Phi) is 5.32. The fourth-order valence-corrected chi connectivity index (χ4v) is 1.89. The van der Waals surface area contributed by atoms with Crippen molar-refractivity contribution in [1.29, 1.82) is 0 Å². The first-order chi connectivity index (χ1) is 7.60. The van der Waals surface area contributed by atoms with E-state index in [2.05, 4.69) is 0 Å². The predicted molar refractivity (Wildman–Crippen MR) is 65.0 cm³/mol. The van der Waals surface area contributed by atoms with E-state index in [4.69, 9.17) is 34.8 Å². The van der Waals surface area contributed by atoms with Gasteiger partial charge in [0, 0.05) is 37.0 Å². The summed E-state index contributed by atoms with van der Waals surface area (Å²) in [6.45, 7) is 0.926. The molecule has 0 aromatic rings. The molecule has 1 aliphatic rings. The largest absolute Gasteiger partial charge is 0.366 e. The van der Waals surface area contributed by atoms with E-state index in [1.165, 1.54) is 6.08 Å². The van der Waals surface area contributed by atoms with Crippen LogP contribution in [-0.4, -0.2) is 41.3 Å². The van der Waals surface area contributed by atoms with Crippen LogP contribution in [0.4, 0.5) is 0 Å². The molecule has 0 unspecified atom stereocenters.